The lowest BCUT2D eigenvalue weighted by molar-refractivity contribution is 0.148. The molecular weight excluding hydrogens is 234 g/mol. The van der Waals surface area contributed by atoms with Gasteiger partial charge in [0.1, 0.15) is 0 Å². The van der Waals surface area contributed by atoms with Crippen molar-refractivity contribution < 1.29 is 0 Å². The Bertz CT molecular complexity index is 493. The van der Waals surface area contributed by atoms with Crippen molar-refractivity contribution in [2.24, 2.45) is 0 Å². The zero-order chi connectivity index (χ0) is 13.1. The second-order valence-corrected chi connectivity index (χ2v) is 5.36. The minimum atomic E-state index is 1.07. The van der Waals surface area contributed by atoms with E-state index in [4.69, 9.17) is 0 Å². The molecule has 1 fully saturated rings. The highest BCUT2D eigenvalue weighted by Crippen LogP contribution is 2.18. The zero-order valence-electron chi connectivity index (χ0n) is 11.5. The summed E-state index contributed by atoms with van der Waals surface area (Å²) in [6.07, 6.45) is 1.97. The molecule has 0 saturated carbocycles. The molecule has 2 heterocycles. The first-order valence-corrected chi connectivity index (χ1v) is 6.95. The van der Waals surface area contributed by atoms with Gasteiger partial charge in [0.15, 0.2) is 0 Å². The minimum Gasteiger partial charge on any atom is -0.361 e. The highest BCUT2D eigenvalue weighted by Gasteiger charge is 2.13. The van der Waals surface area contributed by atoms with E-state index in [1.54, 1.807) is 0 Å². The summed E-state index contributed by atoms with van der Waals surface area (Å²) in [6, 6.07) is 13.0. The van der Waals surface area contributed by atoms with Crippen molar-refractivity contribution >= 4 is 0 Å². The molecule has 1 aliphatic rings. The Kier molecular flexibility index (Phi) is 3.67. The Balaban J connectivity index is 1.63. The highest BCUT2D eigenvalue weighted by molar-refractivity contribution is 5.59. The van der Waals surface area contributed by atoms with E-state index in [2.05, 4.69) is 52.2 Å². The molecule has 0 amide bonds. The van der Waals surface area contributed by atoms with Crippen LogP contribution in [0.1, 0.15) is 5.56 Å². The third-order valence-corrected chi connectivity index (χ3v) is 3.86. The Morgan fingerprint density at radius 3 is 2.37 bits per heavy atom. The summed E-state index contributed by atoms with van der Waals surface area (Å²) in [7, 11) is 2.20. The summed E-state index contributed by atoms with van der Waals surface area (Å²) in [4.78, 5) is 8.17. The molecule has 0 unspecified atom stereocenters. The number of likely N-dealkylation sites (N-methyl/N-ethyl adjacent to an activating group) is 1. The number of H-pyrrole nitrogens is 1. The van der Waals surface area contributed by atoms with Crippen LogP contribution >= 0.6 is 0 Å². The van der Waals surface area contributed by atoms with E-state index in [0.717, 1.165) is 6.54 Å². The van der Waals surface area contributed by atoms with Crippen LogP contribution in [0.2, 0.25) is 0 Å². The van der Waals surface area contributed by atoms with Gasteiger partial charge in [0.05, 0.1) is 0 Å². The van der Waals surface area contributed by atoms with Gasteiger partial charge in [0.25, 0.3) is 0 Å². The second kappa shape index (κ2) is 5.59. The number of nitrogens with zero attached hydrogens (tertiary/aromatic N) is 2. The van der Waals surface area contributed by atoms with E-state index in [-0.39, 0.29) is 0 Å². The van der Waals surface area contributed by atoms with Crippen LogP contribution in [-0.2, 0) is 6.54 Å². The van der Waals surface area contributed by atoms with E-state index in [0.29, 0.717) is 0 Å². The Morgan fingerprint density at radius 2 is 1.74 bits per heavy atom. The molecule has 1 saturated heterocycles. The predicted molar refractivity (Wildman–Crippen MR) is 79.0 cm³/mol. The second-order valence-electron chi connectivity index (χ2n) is 5.36. The van der Waals surface area contributed by atoms with Crippen LogP contribution in [-0.4, -0.2) is 48.0 Å². The van der Waals surface area contributed by atoms with Gasteiger partial charge < -0.3 is 9.88 Å². The van der Waals surface area contributed by atoms with Gasteiger partial charge in [-0.25, -0.2) is 0 Å². The molecule has 0 radical (unpaired) electrons. The SMILES string of the molecule is CN1CCN(Cc2ccc(-c3ccc[nH]3)cc2)CC1. The number of benzene rings is 1. The summed E-state index contributed by atoms with van der Waals surface area (Å²) in [5.41, 5.74) is 3.85. The van der Waals surface area contributed by atoms with Crippen LogP contribution in [0.5, 0.6) is 0 Å². The van der Waals surface area contributed by atoms with Gasteiger partial charge in [0, 0.05) is 44.6 Å². The van der Waals surface area contributed by atoms with Crippen molar-refractivity contribution in [2.45, 2.75) is 6.54 Å². The third-order valence-electron chi connectivity index (χ3n) is 3.86. The molecule has 100 valence electrons. The number of hydrogen-bond acceptors (Lipinski definition) is 2. The maximum absolute atomic E-state index is 3.24. The summed E-state index contributed by atoms with van der Waals surface area (Å²) in [5, 5.41) is 0. The average molecular weight is 255 g/mol. The van der Waals surface area contributed by atoms with Crippen molar-refractivity contribution in [3.8, 4) is 11.3 Å². The van der Waals surface area contributed by atoms with Crippen molar-refractivity contribution in [1.82, 2.24) is 14.8 Å². The van der Waals surface area contributed by atoms with E-state index in [1.165, 1.54) is 43.0 Å². The third kappa shape index (κ3) is 3.06. The molecule has 1 N–H and O–H groups in total. The molecule has 3 heteroatoms. The summed E-state index contributed by atoms with van der Waals surface area (Å²) in [5.74, 6) is 0. The van der Waals surface area contributed by atoms with E-state index in [1.807, 2.05) is 12.3 Å². The molecule has 1 aromatic heterocycles. The highest BCUT2D eigenvalue weighted by atomic mass is 15.2. The number of nitrogens with one attached hydrogen (secondary N) is 1. The van der Waals surface area contributed by atoms with Gasteiger partial charge in [-0.05, 0) is 30.3 Å². The van der Waals surface area contributed by atoms with Gasteiger partial charge >= 0.3 is 0 Å². The average Bonchev–Trinajstić information content (AvgIpc) is 2.96. The van der Waals surface area contributed by atoms with Crippen molar-refractivity contribution in [3.05, 3.63) is 48.2 Å². The molecule has 1 aromatic carbocycles. The molecular formula is C16H21N3. The van der Waals surface area contributed by atoms with E-state index < -0.39 is 0 Å². The lowest BCUT2D eigenvalue weighted by atomic mass is 10.1. The first kappa shape index (κ1) is 12.5. The predicted octanol–water partition coefficient (Wildman–Crippen LogP) is 2.43. The van der Waals surface area contributed by atoms with Gasteiger partial charge in [-0.1, -0.05) is 24.3 Å². The summed E-state index contributed by atoms with van der Waals surface area (Å²) >= 11 is 0. The number of aromatic nitrogens is 1. The van der Waals surface area contributed by atoms with Crippen LogP contribution in [0.15, 0.2) is 42.6 Å². The number of rotatable bonds is 3. The molecule has 0 spiro atoms. The smallest absolute Gasteiger partial charge is 0.0453 e. The van der Waals surface area contributed by atoms with E-state index in [9.17, 15) is 0 Å². The lowest BCUT2D eigenvalue weighted by Gasteiger charge is -2.32. The molecule has 2 aromatic rings. The molecule has 0 bridgehead atoms. The monoisotopic (exact) mass is 255 g/mol. The quantitative estimate of drug-likeness (QED) is 0.910. The van der Waals surface area contributed by atoms with Gasteiger partial charge in [-0.3, -0.25) is 4.90 Å². The maximum atomic E-state index is 3.24. The number of aromatic amines is 1. The van der Waals surface area contributed by atoms with Gasteiger partial charge in [0.2, 0.25) is 0 Å². The van der Waals surface area contributed by atoms with Crippen LogP contribution in [0.3, 0.4) is 0 Å². The fourth-order valence-corrected chi connectivity index (χ4v) is 2.56. The van der Waals surface area contributed by atoms with Gasteiger partial charge in [-0.15, -0.1) is 0 Å². The Labute approximate surface area is 114 Å². The number of hydrogen-bond donors (Lipinski definition) is 1. The van der Waals surface area contributed by atoms with Gasteiger partial charge in [-0.2, -0.15) is 0 Å². The molecule has 3 rings (SSSR count). The van der Waals surface area contributed by atoms with E-state index >= 15 is 0 Å². The van der Waals surface area contributed by atoms with Crippen molar-refractivity contribution in [3.63, 3.8) is 0 Å². The molecule has 3 nitrogen and oxygen atoms in total. The fourth-order valence-electron chi connectivity index (χ4n) is 2.56. The summed E-state index contributed by atoms with van der Waals surface area (Å²) in [6.45, 7) is 5.78. The maximum Gasteiger partial charge on any atom is 0.0453 e. The fraction of sp³-hybridized carbons (Fsp3) is 0.375. The Hall–Kier alpha value is -1.58. The standard InChI is InChI=1S/C16H21N3/c1-18-9-11-19(12-10-18)13-14-4-6-15(7-5-14)16-3-2-8-17-16/h2-8,17H,9-13H2,1H3. The molecule has 0 atom stereocenters. The molecule has 19 heavy (non-hydrogen) atoms. The lowest BCUT2D eigenvalue weighted by Crippen LogP contribution is -2.43. The van der Waals surface area contributed by atoms with Crippen molar-refractivity contribution in [2.75, 3.05) is 33.2 Å². The molecule has 0 aliphatic carbocycles. The topological polar surface area (TPSA) is 22.3 Å². The van der Waals surface area contributed by atoms with Crippen LogP contribution < -0.4 is 0 Å². The first-order chi connectivity index (χ1) is 9.31. The van der Waals surface area contributed by atoms with Crippen LogP contribution in [0.4, 0.5) is 0 Å². The largest absolute Gasteiger partial charge is 0.361 e. The zero-order valence-corrected chi connectivity index (χ0v) is 11.5. The first-order valence-electron chi connectivity index (χ1n) is 6.95. The molecule has 1 aliphatic heterocycles. The Morgan fingerprint density at radius 1 is 1.00 bits per heavy atom. The summed E-state index contributed by atoms with van der Waals surface area (Å²) < 4.78 is 0. The van der Waals surface area contributed by atoms with Crippen molar-refractivity contribution in [1.29, 1.82) is 0 Å². The number of piperazine rings is 1. The van der Waals surface area contributed by atoms with Crippen LogP contribution in [0, 0.1) is 0 Å². The normalized spacial score (nSPS) is 17.7. The minimum absolute atomic E-state index is 1.07. The van der Waals surface area contributed by atoms with Crippen LogP contribution in [0.25, 0.3) is 11.3 Å².